The van der Waals surface area contributed by atoms with Crippen molar-refractivity contribution < 1.29 is 149 Å². The van der Waals surface area contributed by atoms with Crippen LogP contribution in [0.1, 0.15) is 300 Å². The van der Waals surface area contributed by atoms with Crippen LogP contribution >= 0.6 is 31.3 Å². The van der Waals surface area contributed by atoms with Crippen LogP contribution in [0, 0.1) is 55.4 Å². The summed E-state index contributed by atoms with van der Waals surface area (Å²) < 4.78 is 94.1. The zero-order valence-corrected chi connectivity index (χ0v) is 80.0. The molecule has 0 atom stereocenters. The Labute approximate surface area is 741 Å². The van der Waals surface area contributed by atoms with E-state index in [1.165, 1.54) is 22.3 Å². The zero-order valence-electron chi connectivity index (χ0n) is 76.4. The molecule has 8 aromatic carbocycles. The van der Waals surface area contributed by atoms with Crippen LogP contribution in [0.25, 0.3) is 0 Å². The molecular weight excluding hydrogens is 1510 g/mol. The van der Waals surface area contributed by atoms with Crippen molar-refractivity contribution in [2.45, 2.75) is 291 Å². The molecule has 16 nitrogen and oxygen atoms in total. The minimum absolute atomic E-state index is 0. The van der Waals surface area contributed by atoms with Crippen molar-refractivity contribution in [1.29, 1.82) is 0 Å². The Morgan fingerprint density at radius 2 is 0.336 bits per heavy atom. The van der Waals surface area contributed by atoms with Crippen LogP contribution in [-0.4, -0.2) is 0 Å². The molecule has 12 rings (SSSR count). The van der Waals surface area contributed by atoms with Gasteiger partial charge in [0.1, 0.15) is 46.0 Å². The van der Waals surface area contributed by atoms with Crippen LogP contribution < -0.4 is 131 Å². The van der Waals surface area contributed by atoms with E-state index in [-0.39, 0.29) is 119 Å². The molecule has 8 aromatic rings. The van der Waals surface area contributed by atoms with E-state index in [1.807, 2.05) is 156 Å². The second kappa shape index (κ2) is 36.0. The summed E-state index contributed by atoms with van der Waals surface area (Å²) >= 11 is 0. The molecule has 0 aromatic heterocycles. The molecular formula is C92H120Li4O16P4. The number of phosphoric ester groups is 4. The van der Waals surface area contributed by atoms with Gasteiger partial charge in [-0.15, -0.1) is 0 Å². The van der Waals surface area contributed by atoms with Gasteiger partial charge in [0.25, 0.3) is 0 Å². The van der Waals surface area contributed by atoms with E-state index in [9.17, 15) is 37.8 Å². The Kier molecular flexibility index (Phi) is 31.6. The van der Waals surface area contributed by atoms with E-state index in [2.05, 4.69) is 151 Å². The molecule has 24 heteroatoms. The molecule has 0 saturated heterocycles. The second-order valence-corrected chi connectivity index (χ2v) is 44.5. The third-order valence-electron chi connectivity index (χ3n) is 21.0. The first-order valence-electron chi connectivity index (χ1n) is 38.6. The summed E-state index contributed by atoms with van der Waals surface area (Å²) in [6, 6.07) is 31.2. The van der Waals surface area contributed by atoms with Crippen LogP contribution in [-0.2, 0) is 87.3 Å². The third kappa shape index (κ3) is 24.8. The quantitative estimate of drug-likeness (QED) is 0.101. The van der Waals surface area contributed by atoms with Gasteiger partial charge in [-0.3, -0.25) is 0 Å². The molecule has 116 heavy (non-hydrogen) atoms. The summed E-state index contributed by atoms with van der Waals surface area (Å²) in [5.41, 5.74) is 22.9. The van der Waals surface area contributed by atoms with Crippen molar-refractivity contribution in [1.82, 2.24) is 0 Å². The van der Waals surface area contributed by atoms with E-state index in [0.29, 0.717) is 71.7 Å². The SMILES string of the molecule is CC(C)(C)c1cc(C(C)(C)C)c2cc1Cc1cc(c(C(C)(C)C)cc1C(C)(C)C)OP(=O)([O-])O2.Cc1cc(C(C)(C)C)c2cc1Cc1cc(c(C(C)(C)C)cc1C)OP(=O)([O-])O2.Cc1cc(C(C)(C)C)c2cc1OP(=O)([O-])Oc1cc(c(C(C)(C)C)cc1C)C2.Cc1cc(C)c2cc1Cc1cc(c(C)cc1C)OP(=O)([O-])O2.[Li+].[Li+].[Li+].[Li+]. The molecule has 0 fully saturated rings. The van der Waals surface area contributed by atoms with Crippen LogP contribution in [0.15, 0.2) is 97.1 Å². The molecule has 0 N–H and O–H groups in total. The average molecular weight is 1630 g/mol. The predicted octanol–water partition coefficient (Wildman–Crippen LogP) is 10.9. The number of aryl methyl sites for hydroxylation is 8. The predicted molar refractivity (Wildman–Crippen MR) is 446 cm³/mol. The van der Waals surface area contributed by atoms with Gasteiger partial charge in [0.15, 0.2) is 0 Å². The van der Waals surface area contributed by atoms with Gasteiger partial charge >= 0.3 is 107 Å². The summed E-state index contributed by atoms with van der Waals surface area (Å²) in [6.07, 6.45) is 2.77. The van der Waals surface area contributed by atoms with Gasteiger partial charge in [0.2, 0.25) is 0 Å². The average Bonchev–Trinajstić information content (AvgIpc) is 0.738. The van der Waals surface area contributed by atoms with Crippen LogP contribution in [0.4, 0.5) is 0 Å². The van der Waals surface area contributed by atoms with Gasteiger partial charge in [-0.2, -0.15) is 0 Å². The minimum Gasteiger partial charge on any atom is -0.736 e. The van der Waals surface area contributed by atoms with Gasteiger partial charge in [0, 0.05) is 22.3 Å². The summed E-state index contributed by atoms with van der Waals surface area (Å²) in [6.45, 7) is 66.5. The maximum atomic E-state index is 13.2. The fourth-order valence-electron chi connectivity index (χ4n) is 15.0. The Morgan fingerprint density at radius 3 is 0.552 bits per heavy atom. The van der Waals surface area contributed by atoms with Crippen LogP contribution in [0.2, 0.25) is 0 Å². The van der Waals surface area contributed by atoms with Gasteiger partial charge in [-0.05, 0) is 284 Å². The van der Waals surface area contributed by atoms with E-state index in [4.69, 9.17) is 36.2 Å². The Bertz CT molecular complexity index is 4920. The van der Waals surface area contributed by atoms with E-state index in [1.54, 1.807) is 12.1 Å². The molecule has 608 valence electrons. The second-order valence-electron chi connectivity index (χ2n) is 39.4. The van der Waals surface area contributed by atoms with E-state index in [0.717, 1.165) is 111 Å². The Hall–Kier alpha value is -4.69. The van der Waals surface area contributed by atoms with Gasteiger partial charge in [0.05, 0.1) is 0 Å². The topological polar surface area (TPSA) is 234 Å². The normalized spacial score (nSPS) is 15.6. The van der Waals surface area contributed by atoms with Gasteiger partial charge < -0.3 is 55.8 Å². The van der Waals surface area contributed by atoms with Gasteiger partial charge in [-0.25, -0.2) is 18.3 Å². The number of rotatable bonds is 0. The summed E-state index contributed by atoms with van der Waals surface area (Å²) in [4.78, 5) is 50.7. The summed E-state index contributed by atoms with van der Waals surface area (Å²) in [7, 11) is -18.3. The molecule has 4 aliphatic rings. The van der Waals surface area contributed by atoms with Crippen LogP contribution in [0.3, 0.4) is 0 Å². The first kappa shape index (κ1) is 102. The standard InChI is InChI=1S/C29H43O4P.2C23H31O4P.C17H19O4P.4Li/c1-26(2,3)20-16-22(28(7,8)9)24-14-18(20)13-19-15-25(33-34(30,31)32-24)23(29(10,11)12)17-21(19)27(4,5)6;1-14-9-18(22(3,4)5)16-11-17-13-21(15(2)10-19(17)23(6,7)8)27-28(24,25)26-20(14)12-16;1-14-9-18(22(3,4)5)20-12-16(14)11-17-13-21(27-28(24,25)26-20)19(10-15(17)2)23(6,7)8;1-10-5-12(3)16-8-14(10)7-15-9-17(13(4)6-11(15)2)21-22(18,19)20-16;;;;/h14-17H,13H2,1-12H3,(H,30,31);2*9-10,12-13H,11H2,1-8H3,(H,24,25);5-6,8-9H,7H2,1-4H3,(H,18,19);;;;/q;;;;4*+1/p-4. The van der Waals surface area contributed by atoms with Crippen molar-refractivity contribution in [2.24, 2.45) is 0 Å². The number of benzene rings is 8. The summed E-state index contributed by atoms with van der Waals surface area (Å²) in [5, 5.41) is 0. The van der Waals surface area contributed by atoms with Crippen LogP contribution in [0.5, 0.6) is 46.0 Å². The zero-order chi connectivity index (χ0) is 84.3. The van der Waals surface area contributed by atoms with Crippen molar-refractivity contribution in [3.05, 3.63) is 231 Å². The molecule has 4 heterocycles. The molecule has 16 bridgehead atoms. The number of hydrogen-bond acceptors (Lipinski definition) is 16. The maximum absolute atomic E-state index is 13.2. The van der Waals surface area contributed by atoms with Crippen molar-refractivity contribution in [2.75, 3.05) is 0 Å². The smallest absolute Gasteiger partial charge is 0.736 e. The fourth-order valence-corrected chi connectivity index (χ4v) is 18.4. The third-order valence-corrected chi connectivity index (χ3v) is 24.4. The number of phosphoric acid groups is 4. The first-order chi connectivity index (χ1) is 50.7. The van der Waals surface area contributed by atoms with E-state index >= 15 is 0 Å². The molecule has 0 saturated carbocycles. The Morgan fingerprint density at radius 1 is 0.198 bits per heavy atom. The monoisotopic (exact) mass is 1630 g/mol. The molecule has 0 aliphatic carbocycles. The van der Waals surface area contributed by atoms with Gasteiger partial charge in [-0.1, -0.05) is 215 Å². The molecule has 0 amide bonds. The van der Waals surface area contributed by atoms with Crippen molar-refractivity contribution in [3.63, 3.8) is 0 Å². The fraction of sp³-hybridized carbons (Fsp3) is 0.478. The minimum atomic E-state index is -4.68. The molecule has 0 spiro atoms. The number of fused-ring (bicyclic) bond motifs is 16. The summed E-state index contributed by atoms with van der Waals surface area (Å²) in [5.74, 6) is 2.75. The molecule has 4 aliphatic heterocycles. The van der Waals surface area contributed by atoms with Crippen molar-refractivity contribution >= 4 is 31.3 Å². The largest absolute Gasteiger partial charge is 1.00 e. The maximum Gasteiger partial charge on any atom is 1.00 e. The first-order valence-corrected chi connectivity index (χ1v) is 44.5. The van der Waals surface area contributed by atoms with Crippen molar-refractivity contribution in [3.8, 4) is 46.0 Å². The molecule has 0 radical (unpaired) electrons. The molecule has 0 unspecified atom stereocenters. The number of hydrogen-bond donors (Lipinski definition) is 0. The van der Waals surface area contributed by atoms with E-state index < -0.39 is 31.3 Å². The Balaban J connectivity index is 0.000000275.